The average molecular weight is 751 g/mol. The number of imidazole rings is 2. The molecule has 3 unspecified atom stereocenters. The molecule has 1 fully saturated rings. The summed E-state index contributed by atoms with van der Waals surface area (Å²) in [6.45, 7) is 6.71. The third-order valence-corrected chi connectivity index (χ3v) is 10.2. The van der Waals surface area contributed by atoms with E-state index in [1.165, 1.54) is 14.2 Å². The predicted octanol–water partition coefficient (Wildman–Crippen LogP) is 6.39. The molecule has 1 aliphatic heterocycles. The van der Waals surface area contributed by atoms with Gasteiger partial charge in [-0.2, -0.15) is 0 Å². The number of alkyl carbamates (subject to hydrolysis) is 2. The number of benzene rings is 3. The van der Waals surface area contributed by atoms with E-state index < -0.39 is 24.3 Å². The monoisotopic (exact) mass is 750 g/mol. The summed E-state index contributed by atoms with van der Waals surface area (Å²) in [7, 11) is 2.56. The van der Waals surface area contributed by atoms with Crippen molar-refractivity contribution in [3.8, 4) is 22.5 Å². The van der Waals surface area contributed by atoms with Gasteiger partial charge in [0.2, 0.25) is 11.8 Å². The van der Waals surface area contributed by atoms with Gasteiger partial charge in [-0.3, -0.25) is 9.59 Å². The molecule has 6 rings (SSSR count). The zero-order valence-electron chi connectivity index (χ0n) is 32.0. The van der Waals surface area contributed by atoms with E-state index in [1.807, 2.05) is 33.2 Å². The fourth-order valence-corrected chi connectivity index (χ4v) is 7.14. The Kier molecular flexibility index (Phi) is 12.3. The molecule has 14 heteroatoms. The van der Waals surface area contributed by atoms with Crippen LogP contribution in [0.3, 0.4) is 0 Å². The van der Waals surface area contributed by atoms with E-state index >= 15 is 0 Å². The molecule has 3 aromatic carbocycles. The zero-order chi connectivity index (χ0) is 39.1. The van der Waals surface area contributed by atoms with Gasteiger partial charge in [-0.05, 0) is 83.8 Å². The number of aryl methyl sites for hydroxylation is 1. The van der Waals surface area contributed by atoms with Crippen molar-refractivity contribution in [2.24, 2.45) is 5.92 Å². The van der Waals surface area contributed by atoms with E-state index in [0.29, 0.717) is 19.5 Å². The molecule has 1 saturated heterocycles. The van der Waals surface area contributed by atoms with Gasteiger partial charge in [-0.1, -0.05) is 45.0 Å². The molecule has 5 aromatic rings. The summed E-state index contributed by atoms with van der Waals surface area (Å²) in [6, 6.07) is 15.6. The molecule has 0 spiro atoms. The van der Waals surface area contributed by atoms with Crippen molar-refractivity contribution in [3.05, 3.63) is 72.6 Å². The summed E-state index contributed by atoms with van der Waals surface area (Å²) >= 11 is 0. The van der Waals surface area contributed by atoms with Crippen LogP contribution in [0.1, 0.15) is 70.6 Å². The van der Waals surface area contributed by atoms with Crippen LogP contribution in [0, 0.1) is 5.92 Å². The molecule has 5 N–H and O–H groups in total. The average Bonchev–Trinajstić information content (AvgIpc) is 3.99. The number of unbranched alkanes of at least 4 members (excludes halogenated alkanes) is 1. The first kappa shape index (κ1) is 38.8. The van der Waals surface area contributed by atoms with Gasteiger partial charge in [-0.15, -0.1) is 0 Å². The topological polar surface area (TPSA) is 183 Å². The molecule has 0 bridgehead atoms. The number of nitrogens with zero attached hydrogens (tertiary/aromatic N) is 3. The number of ether oxygens (including phenoxy) is 2. The fraction of sp³-hybridized carbons (Fsp3) is 0.415. The van der Waals surface area contributed by atoms with E-state index in [2.05, 4.69) is 84.2 Å². The Morgan fingerprint density at radius 3 is 2.11 bits per heavy atom. The molecule has 55 heavy (non-hydrogen) atoms. The number of rotatable bonds is 14. The van der Waals surface area contributed by atoms with Crippen molar-refractivity contribution in [1.29, 1.82) is 0 Å². The Bertz CT molecular complexity index is 2160. The lowest BCUT2D eigenvalue weighted by atomic mass is 9.99. The molecule has 4 amide bonds. The Labute approximate surface area is 320 Å². The third-order valence-electron chi connectivity index (χ3n) is 10.2. The number of hydrogen-bond acceptors (Lipinski definition) is 8. The summed E-state index contributed by atoms with van der Waals surface area (Å²) in [5, 5.41) is 12.6. The second-order valence-corrected chi connectivity index (χ2v) is 14.3. The molecule has 14 nitrogen and oxygen atoms in total. The van der Waals surface area contributed by atoms with E-state index in [0.717, 1.165) is 87.8 Å². The summed E-state index contributed by atoms with van der Waals surface area (Å²) in [6.07, 6.45) is 6.90. The molecular formula is C41H50N8O6. The normalized spacial score (nSPS) is 15.2. The maximum absolute atomic E-state index is 13.4. The molecular weight excluding hydrogens is 701 g/mol. The lowest BCUT2D eigenvalue weighted by molar-refractivity contribution is -0.134. The van der Waals surface area contributed by atoms with Crippen LogP contribution in [0.15, 0.2) is 60.9 Å². The minimum absolute atomic E-state index is 0.0698. The highest BCUT2D eigenvalue weighted by molar-refractivity contribution is 6.01. The Balaban J connectivity index is 1.07. The van der Waals surface area contributed by atoms with Crippen LogP contribution in [0.5, 0.6) is 0 Å². The number of carbonyl (C=O) groups is 4. The van der Waals surface area contributed by atoms with Crippen molar-refractivity contribution in [2.45, 2.75) is 77.4 Å². The molecule has 1 aliphatic rings. The van der Waals surface area contributed by atoms with E-state index in [9.17, 15) is 19.2 Å². The van der Waals surface area contributed by atoms with E-state index in [1.54, 1.807) is 4.90 Å². The van der Waals surface area contributed by atoms with Gasteiger partial charge >= 0.3 is 12.2 Å². The quantitative estimate of drug-likeness (QED) is 0.0639. The second-order valence-electron chi connectivity index (χ2n) is 14.3. The molecule has 3 heterocycles. The SMILES string of the molecule is CCC(NC(=O)OC)C(=O)N1CCCC1c1ncc(-c2ccc3cc4cc(-c5cnc(CCCCNC(=O)C(NC(=O)OC)C(C)C)[nH]5)ccc4cc3c2)[nH]1. The van der Waals surface area contributed by atoms with Gasteiger partial charge in [0, 0.05) is 30.6 Å². The van der Waals surface area contributed by atoms with E-state index in [4.69, 9.17) is 9.72 Å². The Morgan fingerprint density at radius 2 is 1.47 bits per heavy atom. The van der Waals surface area contributed by atoms with Gasteiger partial charge in [0.25, 0.3) is 0 Å². The van der Waals surface area contributed by atoms with Crippen LogP contribution in [-0.2, 0) is 25.5 Å². The van der Waals surface area contributed by atoms with Gasteiger partial charge in [0.1, 0.15) is 23.7 Å². The lowest BCUT2D eigenvalue weighted by Gasteiger charge is -2.27. The van der Waals surface area contributed by atoms with Crippen molar-refractivity contribution in [2.75, 3.05) is 27.3 Å². The van der Waals surface area contributed by atoms with Gasteiger partial charge in [-0.25, -0.2) is 19.6 Å². The maximum Gasteiger partial charge on any atom is 0.407 e. The summed E-state index contributed by atoms with van der Waals surface area (Å²) < 4.78 is 9.35. The van der Waals surface area contributed by atoms with Crippen LogP contribution in [-0.4, -0.2) is 88.2 Å². The first-order chi connectivity index (χ1) is 26.6. The maximum atomic E-state index is 13.4. The van der Waals surface area contributed by atoms with Crippen LogP contribution in [0.2, 0.25) is 0 Å². The Hall–Kier alpha value is -5.92. The first-order valence-electron chi connectivity index (χ1n) is 18.9. The first-order valence-corrected chi connectivity index (χ1v) is 18.9. The third kappa shape index (κ3) is 9.07. The van der Waals surface area contributed by atoms with Gasteiger partial charge in [0.05, 0.1) is 44.0 Å². The molecule has 3 atom stereocenters. The van der Waals surface area contributed by atoms with Crippen molar-refractivity contribution < 1.29 is 28.7 Å². The van der Waals surface area contributed by atoms with Crippen LogP contribution < -0.4 is 16.0 Å². The molecule has 0 aliphatic carbocycles. The number of fused-ring (bicyclic) bond motifs is 2. The second kappa shape index (κ2) is 17.5. The highest BCUT2D eigenvalue weighted by Gasteiger charge is 2.35. The largest absolute Gasteiger partial charge is 0.453 e. The molecule has 0 radical (unpaired) electrons. The number of nitrogens with one attached hydrogen (secondary N) is 5. The highest BCUT2D eigenvalue weighted by atomic mass is 16.5. The number of carbonyl (C=O) groups excluding carboxylic acids is 4. The summed E-state index contributed by atoms with van der Waals surface area (Å²) in [5.74, 6) is 1.19. The molecule has 290 valence electrons. The number of aromatic nitrogens is 4. The number of methoxy groups -OCH3 is 2. The predicted molar refractivity (Wildman–Crippen MR) is 210 cm³/mol. The number of aromatic amines is 2. The minimum Gasteiger partial charge on any atom is -0.453 e. The van der Waals surface area contributed by atoms with Crippen LogP contribution in [0.4, 0.5) is 9.59 Å². The number of amides is 4. The van der Waals surface area contributed by atoms with Gasteiger partial charge in [0.15, 0.2) is 0 Å². The smallest absolute Gasteiger partial charge is 0.407 e. The van der Waals surface area contributed by atoms with Gasteiger partial charge < -0.3 is 40.3 Å². The minimum atomic E-state index is -0.654. The number of hydrogen-bond donors (Lipinski definition) is 5. The van der Waals surface area contributed by atoms with Crippen LogP contribution in [0.25, 0.3) is 44.1 Å². The van der Waals surface area contributed by atoms with Crippen molar-refractivity contribution in [1.82, 2.24) is 40.8 Å². The van der Waals surface area contributed by atoms with Crippen LogP contribution >= 0.6 is 0 Å². The number of likely N-dealkylation sites (tertiary alicyclic amines) is 1. The summed E-state index contributed by atoms with van der Waals surface area (Å²) in [5.41, 5.74) is 3.86. The highest BCUT2D eigenvalue weighted by Crippen LogP contribution is 2.34. The fourth-order valence-electron chi connectivity index (χ4n) is 7.14. The molecule has 0 saturated carbocycles. The molecule has 2 aromatic heterocycles. The summed E-state index contributed by atoms with van der Waals surface area (Å²) in [4.78, 5) is 67.4. The van der Waals surface area contributed by atoms with Crippen molar-refractivity contribution >= 4 is 45.5 Å². The van der Waals surface area contributed by atoms with E-state index in [-0.39, 0.29) is 23.8 Å². The number of H-pyrrole nitrogens is 2. The standard InChI is InChI=1S/C41H50N8O6/c1-6-31(47-40(52)54-4)39(51)49-17-9-10-34(49)37-44-23-33(46-37)28-15-13-26-18-29-20-27(14-12-25(29)19-30(26)21-28)32-22-43-35(45-32)11-7-8-16-42-38(50)36(24(2)3)48-41(53)55-5/h12-15,18-24,31,34,36H,6-11,16-17H2,1-5H3,(H,42,50)(H,43,45)(H,44,46)(H,47,52)(H,48,53). The zero-order valence-corrected chi connectivity index (χ0v) is 32.0. The van der Waals surface area contributed by atoms with Crippen molar-refractivity contribution in [3.63, 3.8) is 0 Å². The lowest BCUT2D eigenvalue weighted by Crippen LogP contribution is -2.49. The Morgan fingerprint density at radius 1 is 0.836 bits per heavy atom.